The van der Waals surface area contributed by atoms with Gasteiger partial charge in [0.1, 0.15) is 0 Å². The van der Waals surface area contributed by atoms with E-state index in [1.165, 1.54) is 0 Å². The Balaban J connectivity index is 0.000000297. The minimum atomic E-state index is -0.500. The molecule has 0 aliphatic carbocycles. The van der Waals surface area contributed by atoms with Gasteiger partial charge in [-0.2, -0.15) is 0 Å². The quantitative estimate of drug-likeness (QED) is 0.352. The molecule has 19 heavy (non-hydrogen) atoms. The molecule has 0 bridgehead atoms. The lowest BCUT2D eigenvalue weighted by Crippen LogP contribution is -1.86. The Morgan fingerprint density at radius 2 is 1.63 bits per heavy atom. The van der Waals surface area contributed by atoms with E-state index in [0.29, 0.717) is 0 Å². The molecule has 2 aromatic heterocycles. The van der Waals surface area contributed by atoms with Crippen molar-refractivity contribution in [2.75, 3.05) is 7.05 Å². The highest BCUT2D eigenvalue weighted by Crippen LogP contribution is 2.21. The van der Waals surface area contributed by atoms with Crippen molar-refractivity contribution in [2.24, 2.45) is 0 Å². The molecule has 5 nitrogen and oxygen atoms in total. The lowest BCUT2D eigenvalue weighted by molar-refractivity contribution is -0.445. The first kappa shape index (κ1) is 12.9. The third-order valence-corrected chi connectivity index (χ3v) is 2.57. The average molecular weight is 255 g/mol. The highest BCUT2D eigenvalue weighted by molar-refractivity contribution is 6.02. The first-order valence-corrected chi connectivity index (χ1v) is 5.77. The minimum absolute atomic E-state index is 0.500. The first-order valence-electron chi connectivity index (χ1n) is 5.77. The van der Waals surface area contributed by atoms with Crippen molar-refractivity contribution in [3.63, 3.8) is 0 Å². The molecule has 0 unspecified atom stereocenters. The molecule has 1 aromatic carbocycles. The van der Waals surface area contributed by atoms with E-state index < -0.39 is 4.92 Å². The van der Waals surface area contributed by atoms with E-state index in [9.17, 15) is 0 Å². The SMILES string of the molecule is C[N+](=O)[O-].Cc1ccc2ccc3cccnc3c2n1. The van der Waals surface area contributed by atoms with E-state index in [1.54, 1.807) is 0 Å². The predicted molar refractivity (Wildman–Crippen MR) is 74.7 cm³/mol. The monoisotopic (exact) mass is 255 g/mol. The summed E-state index contributed by atoms with van der Waals surface area (Å²) in [7, 11) is 0.889. The molecule has 0 fully saturated rings. The molecule has 96 valence electrons. The number of nitrogens with zero attached hydrogens (tertiary/aromatic N) is 3. The second-order valence-electron chi connectivity index (χ2n) is 4.10. The Bertz CT molecular complexity index is 737. The summed E-state index contributed by atoms with van der Waals surface area (Å²) in [4.78, 5) is 17.2. The van der Waals surface area contributed by atoms with E-state index in [4.69, 9.17) is 10.1 Å². The molecule has 0 saturated carbocycles. The van der Waals surface area contributed by atoms with Crippen LogP contribution in [0.2, 0.25) is 0 Å². The molecular weight excluding hydrogens is 242 g/mol. The smallest absolute Gasteiger partial charge is 0.194 e. The number of hydrogen-bond acceptors (Lipinski definition) is 4. The van der Waals surface area contributed by atoms with Gasteiger partial charge in [0.15, 0.2) is 7.05 Å². The molecule has 0 amide bonds. The number of pyridine rings is 2. The average Bonchev–Trinajstić information content (AvgIpc) is 2.38. The zero-order valence-electron chi connectivity index (χ0n) is 10.7. The van der Waals surface area contributed by atoms with Crippen LogP contribution in [0.5, 0.6) is 0 Å². The van der Waals surface area contributed by atoms with Gasteiger partial charge in [0.2, 0.25) is 0 Å². The zero-order valence-corrected chi connectivity index (χ0v) is 10.7. The van der Waals surface area contributed by atoms with Gasteiger partial charge in [-0.3, -0.25) is 20.1 Å². The maximum absolute atomic E-state index is 8.81. The summed E-state index contributed by atoms with van der Waals surface area (Å²) in [5.41, 5.74) is 3.01. The fourth-order valence-corrected chi connectivity index (χ4v) is 1.82. The second kappa shape index (κ2) is 5.39. The van der Waals surface area contributed by atoms with Crippen molar-refractivity contribution < 1.29 is 4.92 Å². The summed E-state index contributed by atoms with van der Waals surface area (Å²) in [5.74, 6) is 0. The minimum Gasteiger partial charge on any atom is -0.265 e. The van der Waals surface area contributed by atoms with Crippen molar-refractivity contribution in [1.82, 2.24) is 9.97 Å². The zero-order chi connectivity index (χ0) is 13.8. The van der Waals surface area contributed by atoms with E-state index in [0.717, 1.165) is 34.5 Å². The Morgan fingerprint density at radius 1 is 1.05 bits per heavy atom. The highest BCUT2D eigenvalue weighted by atomic mass is 16.6. The topological polar surface area (TPSA) is 68.9 Å². The van der Waals surface area contributed by atoms with Gasteiger partial charge in [-0.15, -0.1) is 0 Å². The predicted octanol–water partition coefficient (Wildman–Crippen LogP) is 2.98. The molecular formula is C14H13N3O2. The Hall–Kier alpha value is -2.56. The molecule has 2 heterocycles. The molecule has 5 heteroatoms. The van der Waals surface area contributed by atoms with Crippen LogP contribution in [0, 0.1) is 17.0 Å². The number of nitro groups is 1. The van der Waals surface area contributed by atoms with Crippen LogP contribution >= 0.6 is 0 Å². The van der Waals surface area contributed by atoms with Crippen molar-refractivity contribution in [1.29, 1.82) is 0 Å². The van der Waals surface area contributed by atoms with E-state index in [2.05, 4.69) is 34.2 Å². The van der Waals surface area contributed by atoms with Gasteiger partial charge in [0.25, 0.3) is 0 Å². The molecule has 0 atom stereocenters. The third-order valence-electron chi connectivity index (χ3n) is 2.57. The van der Waals surface area contributed by atoms with Crippen LogP contribution in [0.4, 0.5) is 0 Å². The van der Waals surface area contributed by atoms with E-state index >= 15 is 0 Å². The fourth-order valence-electron chi connectivity index (χ4n) is 1.82. The van der Waals surface area contributed by atoms with Gasteiger partial charge in [0.05, 0.1) is 11.0 Å². The van der Waals surface area contributed by atoms with Crippen LogP contribution in [0.3, 0.4) is 0 Å². The third kappa shape index (κ3) is 3.01. The number of fused-ring (bicyclic) bond motifs is 3. The lowest BCUT2D eigenvalue weighted by atomic mass is 10.1. The molecule has 0 spiro atoms. The molecule has 0 aliphatic heterocycles. The highest BCUT2D eigenvalue weighted by Gasteiger charge is 2.01. The van der Waals surface area contributed by atoms with Crippen molar-refractivity contribution in [2.45, 2.75) is 6.92 Å². The molecule has 0 saturated heterocycles. The van der Waals surface area contributed by atoms with Crippen LogP contribution in [-0.2, 0) is 0 Å². The summed E-state index contributed by atoms with van der Waals surface area (Å²) in [6.45, 7) is 2.00. The standard InChI is InChI=1S/C13H10N2.CH3NO2/c1-9-4-5-11-7-6-10-3-2-8-14-12(10)13(11)15-9;1-2(3)4/h2-8H,1H3;1H3. The maximum Gasteiger partial charge on any atom is 0.194 e. The summed E-state index contributed by atoms with van der Waals surface area (Å²) in [5, 5.41) is 11.1. The van der Waals surface area contributed by atoms with Crippen molar-refractivity contribution in [3.8, 4) is 0 Å². The lowest BCUT2D eigenvalue weighted by Gasteiger charge is -2.02. The number of aryl methyl sites for hydroxylation is 1. The Labute approximate surface area is 110 Å². The van der Waals surface area contributed by atoms with Crippen LogP contribution in [-0.4, -0.2) is 21.9 Å². The Morgan fingerprint density at radius 3 is 2.32 bits per heavy atom. The van der Waals surface area contributed by atoms with E-state index in [1.807, 2.05) is 25.3 Å². The van der Waals surface area contributed by atoms with Gasteiger partial charge < -0.3 is 0 Å². The number of hydrogen-bond donors (Lipinski definition) is 0. The van der Waals surface area contributed by atoms with Gasteiger partial charge in [-0.1, -0.05) is 24.3 Å². The van der Waals surface area contributed by atoms with E-state index in [-0.39, 0.29) is 0 Å². The summed E-state index contributed by atoms with van der Waals surface area (Å²) >= 11 is 0. The van der Waals surface area contributed by atoms with Crippen LogP contribution in [0.1, 0.15) is 5.69 Å². The van der Waals surface area contributed by atoms with Crippen molar-refractivity contribution >= 4 is 21.8 Å². The van der Waals surface area contributed by atoms with Gasteiger partial charge >= 0.3 is 0 Å². The van der Waals surface area contributed by atoms with Crippen LogP contribution < -0.4 is 0 Å². The number of aromatic nitrogens is 2. The van der Waals surface area contributed by atoms with Crippen LogP contribution in [0.25, 0.3) is 21.8 Å². The maximum atomic E-state index is 8.81. The summed E-state index contributed by atoms with van der Waals surface area (Å²) < 4.78 is 0. The Kier molecular flexibility index (Phi) is 3.66. The molecule has 3 rings (SSSR count). The van der Waals surface area contributed by atoms with Gasteiger partial charge in [-0.25, -0.2) is 0 Å². The second-order valence-corrected chi connectivity index (χ2v) is 4.10. The fraction of sp³-hybridized carbons (Fsp3) is 0.143. The van der Waals surface area contributed by atoms with Gasteiger partial charge in [0, 0.05) is 27.6 Å². The molecule has 0 aliphatic rings. The molecule has 0 N–H and O–H groups in total. The normalized spacial score (nSPS) is 10.0. The largest absolute Gasteiger partial charge is 0.265 e. The van der Waals surface area contributed by atoms with Crippen molar-refractivity contribution in [3.05, 3.63) is 58.4 Å². The number of rotatable bonds is 0. The van der Waals surface area contributed by atoms with Crippen LogP contribution in [0.15, 0.2) is 42.6 Å². The molecule has 3 aromatic rings. The first-order chi connectivity index (χ1) is 9.08. The number of benzene rings is 1. The summed E-state index contributed by atoms with van der Waals surface area (Å²) in [6.07, 6.45) is 1.81. The van der Waals surface area contributed by atoms with Gasteiger partial charge in [-0.05, 0) is 19.1 Å². The molecule has 0 radical (unpaired) electrons. The summed E-state index contributed by atoms with van der Waals surface area (Å²) in [6, 6.07) is 12.3.